The van der Waals surface area contributed by atoms with Crippen LogP contribution in [-0.2, 0) is 11.4 Å². The number of carbonyl (C=O) groups excluding carboxylic acids is 1. The number of hydrazone groups is 1. The molecule has 0 bridgehead atoms. The molecule has 0 aliphatic heterocycles. The first-order chi connectivity index (χ1) is 16.1. The zero-order valence-electron chi connectivity index (χ0n) is 17.2. The summed E-state index contributed by atoms with van der Waals surface area (Å²) in [6, 6.07) is 21.3. The molecule has 1 heterocycles. The van der Waals surface area contributed by atoms with Crippen molar-refractivity contribution in [3.05, 3.63) is 94.0 Å². The second-order valence-corrected chi connectivity index (χ2v) is 9.03. The summed E-state index contributed by atoms with van der Waals surface area (Å²) in [5, 5.41) is 14.8. The second kappa shape index (κ2) is 10.7. The number of nitrogens with one attached hydrogen (secondary N) is 1. The summed E-state index contributed by atoms with van der Waals surface area (Å²) in [5.41, 5.74) is 4.97. The van der Waals surface area contributed by atoms with Crippen LogP contribution in [0.4, 0.5) is 5.69 Å². The number of ether oxygens (including phenoxy) is 1. The highest BCUT2D eigenvalue weighted by molar-refractivity contribution is 8.01. The van der Waals surface area contributed by atoms with Crippen LogP contribution in [0.3, 0.4) is 0 Å². The molecule has 166 valence electrons. The Morgan fingerprint density at radius 3 is 2.67 bits per heavy atom. The highest BCUT2D eigenvalue weighted by Gasteiger charge is 2.08. The Morgan fingerprint density at radius 2 is 1.88 bits per heavy atom. The minimum Gasteiger partial charge on any atom is -0.488 e. The fraction of sp³-hybridized carbons (Fsp3) is 0.0870. The van der Waals surface area contributed by atoms with Crippen LogP contribution in [0.5, 0.6) is 5.75 Å². The summed E-state index contributed by atoms with van der Waals surface area (Å²) in [6.07, 6.45) is 1.52. The number of para-hydroxylation sites is 2. The molecule has 0 fully saturated rings. The summed E-state index contributed by atoms with van der Waals surface area (Å²) >= 11 is 2.92. The molecule has 33 heavy (non-hydrogen) atoms. The molecule has 3 aromatic carbocycles. The van der Waals surface area contributed by atoms with Crippen LogP contribution in [0.1, 0.15) is 11.1 Å². The predicted molar refractivity (Wildman–Crippen MR) is 130 cm³/mol. The van der Waals surface area contributed by atoms with Gasteiger partial charge < -0.3 is 4.74 Å². The van der Waals surface area contributed by atoms with E-state index in [1.54, 1.807) is 29.5 Å². The maximum absolute atomic E-state index is 12.1. The molecule has 0 aliphatic rings. The monoisotopic (exact) mass is 478 g/mol. The Bertz CT molecular complexity index is 1270. The van der Waals surface area contributed by atoms with Crippen LogP contribution in [0.15, 0.2) is 82.2 Å². The van der Waals surface area contributed by atoms with E-state index in [0.717, 1.165) is 20.1 Å². The summed E-state index contributed by atoms with van der Waals surface area (Å²) in [4.78, 5) is 27.0. The largest absolute Gasteiger partial charge is 0.488 e. The number of hydrogen-bond acceptors (Lipinski definition) is 8. The maximum Gasteiger partial charge on any atom is 0.269 e. The van der Waals surface area contributed by atoms with Crippen molar-refractivity contribution >= 4 is 51.1 Å². The number of hydrogen-bond donors (Lipinski definition) is 1. The summed E-state index contributed by atoms with van der Waals surface area (Å²) < 4.78 is 7.75. The molecule has 10 heteroatoms. The van der Waals surface area contributed by atoms with Gasteiger partial charge in [0.05, 0.1) is 27.1 Å². The number of benzene rings is 3. The molecule has 4 rings (SSSR count). The number of fused-ring (bicyclic) bond motifs is 1. The normalized spacial score (nSPS) is 11.0. The van der Waals surface area contributed by atoms with Crippen molar-refractivity contribution in [3.63, 3.8) is 0 Å². The van der Waals surface area contributed by atoms with Crippen molar-refractivity contribution in [2.45, 2.75) is 10.9 Å². The highest BCUT2D eigenvalue weighted by Crippen LogP contribution is 2.29. The van der Waals surface area contributed by atoms with Crippen molar-refractivity contribution in [1.82, 2.24) is 10.4 Å². The lowest BCUT2D eigenvalue weighted by molar-refractivity contribution is -0.384. The molecule has 0 atom stereocenters. The summed E-state index contributed by atoms with van der Waals surface area (Å²) in [5.74, 6) is 0.549. The molecular formula is C23H18N4O4S2. The van der Waals surface area contributed by atoms with E-state index in [1.807, 2.05) is 42.5 Å². The van der Waals surface area contributed by atoms with E-state index in [-0.39, 0.29) is 24.0 Å². The standard InChI is InChI=1S/C23H18N4O4S2/c28-22(15-32-23-25-19-6-2-4-8-21(19)33-23)26-24-13-17-5-1-3-7-20(17)31-14-16-9-11-18(12-10-16)27(29)30/h1-13H,14-15H2,(H,26,28)/b24-13-. The van der Waals surface area contributed by atoms with Gasteiger partial charge in [-0.15, -0.1) is 11.3 Å². The molecule has 8 nitrogen and oxygen atoms in total. The number of nitro groups is 1. The van der Waals surface area contributed by atoms with Gasteiger partial charge in [0.25, 0.3) is 11.6 Å². The number of nitrogens with zero attached hydrogens (tertiary/aromatic N) is 3. The molecule has 0 aliphatic carbocycles. The Balaban J connectivity index is 1.29. The van der Waals surface area contributed by atoms with Crippen LogP contribution in [0.25, 0.3) is 10.2 Å². The quantitative estimate of drug-likeness (QED) is 0.157. The fourth-order valence-corrected chi connectivity index (χ4v) is 4.70. The van der Waals surface area contributed by atoms with Gasteiger partial charge in [-0.1, -0.05) is 36.0 Å². The Labute approximate surface area is 197 Å². The van der Waals surface area contributed by atoms with Gasteiger partial charge in [-0.25, -0.2) is 10.4 Å². The molecule has 0 saturated carbocycles. The van der Waals surface area contributed by atoms with Crippen LogP contribution in [0.2, 0.25) is 0 Å². The average molecular weight is 479 g/mol. The molecule has 0 saturated heterocycles. The summed E-state index contributed by atoms with van der Waals surface area (Å²) in [7, 11) is 0. The Morgan fingerprint density at radius 1 is 1.12 bits per heavy atom. The SMILES string of the molecule is O=C(CSc1nc2ccccc2s1)N/N=C\c1ccccc1OCc1ccc([N+](=O)[O-])cc1. The van der Waals surface area contributed by atoms with Crippen molar-refractivity contribution in [1.29, 1.82) is 0 Å². The lowest BCUT2D eigenvalue weighted by Gasteiger charge is -2.09. The molecule has 4 aromatic rings. The molecule has 1 N–H and O–H groups in total. The molecular weight excluding hydrogens is 460 g/mol. The second-order valence-electron chi connectivity index (χ2n) is 6.78. The van der Waals surface area contributed by atoms with Crippen molar-refractivity contribution in [3.8, 4) is 5.75 Å². The van der Waals surface area contributed by atoms with Gasteiger partial charge in [-0.3, -0.25) is 14.9 Å². The summed E-state index contributed by atoms with van der Waals surface area (Å²) in [6.45, 7) is 0.244. The molecule has 0 spiro atoms. The minimum atomic E-state index is -0.442. The fourth-order valence-electron chi connectivity index (χ4n) is 2.84. The Kier molecular flexibility index (Phi) is 7.28. The zero-order chi connectivity index (χ0) is 23.0. The van der Waals surface area contributed by atoms with E-state index >= 15 is 0 Å². The van der Waals surface area contributed by atoms with Crippen LogP contribution in [-0.4, -0.2) is 27.8 Å². The van der Waals surface area contributed by atoms with E-state index in [4.69, 9.17) is 4.74 Å². The van der Waals surface area contributed by atoms with E-state index in [0.29, 0.717) is 11.3 Å². The third-order valence-corrected chi connectivity index (χ3v) is 6.63. The first-order valence-corrected chi connectivity index (χ1v) is 11.6. The van der Waals surface area contributed by atoms with Crippen LogP contribution in [0, 0.1) is 10.1 Å². The first kappa shape index (κ1) is 22.4. The highest BCUT2D eigenvalue weighted by atomic mass is 32.2. The van der Waals surface area contributed by atoms with E-state index in [9.17, 15) is 14.9 Å². The topological polar surface area (TPSA) is 107 Å². The molecule has 1 amide bonds. The van der Waals surface area contributed by atoms with Gasteiger partial charge in [-0.2, -0.15) is 5.10 Å². The smallest absolute Gasteiger partial charge is 0.269 e. The number of rotatable bonds is 9. The lowest BCUT2D eigenvalue weighted by atomic mass is 10.2. The number of aromatic nitrogens is 1. The van der Waals surface area contributed by atoms with Crippen molar-refractivity contribution < 1.29 is 14.5 Å². The molecule has 0 unspecified atom stereocenters. The van der Waals surface area contributed by atoms with Gasteiger partial charge in [0, 0.05) is 17.7 Å². The van der Waals surface area contributed by atoms with Gasteiger partial charge in [0.2, 0.25) is 0 Å². The van der Waals surface area contributed by atoms with Gasteiger partial charge in [-0.05, 0) is 42.0 Å². The van der Waals surface area contributed by atoms with Crippen LogP contribution < -0.4 is 10.2 Å². The minimum absolute atomic E-state index is 0.0309. The van der Waals surface area contributed by atoms with Gasteiger partial charge in [0.15, 0.2) is 4.34 Å². The number of thiazole rings is 1. The van der Waals surface area contributed by atoms with Crippen molar-refractivity contribution in [2.24, 2.45) is 5.10 Å². The average Bonchev–Trinajstić information content (AvgIpc) is 3.25. The number of amides is 1. The molecule has 1 aromatic heterocycles. The first-order valence-electron chi connectivity index (χ1n) is 9.84. The third kappa shape index (κ3) is 6.15. The van der Waals surface area contributed by atoms with Crippen LogP contribution >= 0.6 is 23.1 Å². The lowest BCUT2D eigenvalue weighted by Crippen LogP contribution is -2.19. The number of non-ortho nitro benzene ring substituents is 1. The van der Waals surface area contributed by atoms with Gasteiger partial charge in [0.1, 0.15) is 12.4 Å². The third-order valence-electron chi connectivity index (χ3n) is 4.45. The van der Waals surface area contributed by atoms with Crippen molar-refractivity contribution in [2.75, 3.05) is 5.75 Å². The number of thioether (sulfide) groups is 1. The number of nitro benzene ring substituents is 1. The van der Waals surface area contributed by atoms with Gasteiger partial charge >= 0.3 is 0 Å². The predicted octanol–water partition coefficient (Wildman–Crippen LogP) is 5.03. The molecule has 0 radical (unpaired) electrons. The van der Waals surface area contributed by atoms with E-state index in [2.05, 4.69) is 15.5 Å². The number of carbonyl (C=O) groups is 1. The van der Waals surface area contributed by atoms with E-state index < -0.39 is 4.92 Å². The Hall–Kier alpha value is -3.76. The zero-order valence-corrected chi connectivity index (χ0v) is 18.8. The maximum atomic E-state index is 12.1. The van der Waals surface area contributed by atoms with E-state index in [1.165, 1.54) is 30.1 Å².